The summed E-state index contributed by atoms with van der Waals surface area (Å²) in [4.78, 5) is 36.7. The summed E-state index contributed by atoms with van der Waals surface area (Å²) in [5, 5.41) is 13.0. The van der Waals surface area contributed by atoms with E-state index in [2.05, 4.69) is 9.97 Å². The SMILES string of the molecule is N[C@@H](Cc1ccc(C2CC(=O)NS2(=O)=O)c(F)c1)c1nc2ccccc2[nH]1.O=C(O)C(F)(F)F.O=C(O)C(F)(F)F. The van der Waals surface area contributed by atoms with Gasteiger partial charge in [0.05, 0.1) is 23.5 Å². The highest BCUT2D eigenvalue weighted by atomic mass is 32.2. The van der Waals surface area contributed by atoms with Gasteiger partial charge in [-0.15, -0.1) is 0 Å². The number of nitrogens with two attached hydrogens (primary N) is 1. The van der Waals surface area contributed by atoms with Crippen molar-refractivity contribution in [2.75, 3.05) is 0 Å². The van der Waals surface area contributed by atoms with Crippen molar-refractivity contribution in [3.8, 4) is 0 Å². The molecule has 2 heterocycles. The lowest BCUT2D eigenvalue weighted by molar-refractivity contribution is -0.193. The molecule has 11 nitrogen and oxygen atoms in total. The van der Waals surface area contributed by atoms with E-state index in [0.717, 1.165) is 11.0 Å². The number of aromatic amines is 1. The highest BCUT2D eigenvalue weighted by Gasteiger charge is 2.40. The number of hydrogen-bond donors (Lipinski definition) is 5. The van der Waals surface area contributed by atoms with Crippen LogP contribution in [0.15, 0.2) is 42.5 Å². The number of para-hydroxylation sites is 2. The number of amides is 1. The summed E-state index contributed by atoms with van der Waals surface area (Å²) in [5.74, 6) is -6.22. The van der Waals surface area contributed by atoms with Gasteiger partial charge in [0.15, 0.2) is 0 Å². The van der Waals surface area contributed by atoms with Gasteiger partial charge in [-0.25, -0.2) is 27.4 Å². The van der Waals surface area contributed by atoms with Crippen LogP contribution in [0.5, 0.6) is 0 Å². The molecule has 0 saturated carbocycles. The first kappa shape index (κ1) is 32.9. The van der Waals surface area contributed by atoms with Gasteiger partial charge >= 0.3 is 24.3 Å². The van der Waals surface area contributed by atoms with Gasteiger partial charge in [-0.1, -0.05) is 24.3 Å². The second kappa shape index (κ2) is 12.5. The van der Waals surface area contributed by atoms with E-state index in [0.29, 0.717) is 17.8 Å². The quantitative estimate of drug-likeness (QED) is 0.274. The monoisotopic (exact) mass is 616 g/mol. The maximum absolute atomic E-state index is 14.5. The van der Waals surface area contributed by atoms with Crippen molar-refractivity contribution in [1.29, 1.82) is 0 Å². The minimum atomic E-state index is -5.08. The molecule has 4 rings (SSSR count). The van der Waals surface area contributed by atoms with Crippen LogP contribution in [-0.2, 0) is 30.8 Å². The zero-order chi connectivity index (χ0) is 31.3. The maximum Gasteiger partial charge on any atom is 0.490 e. The van der Waals surface area contributed by atoms with Crippen LogP contribution >= 0.6 is 0 Å². The number of fused-ring (bicyclic) bond motifs is 1. The second-order valence-corrected chi connectivity index (χ2v) is 10.0. The summed E-state index contributed by atoms with van der Waals surface area (Å²) in [6.07, 6.45) is -10.1. The number of hydrogen-bond acceptors (Lipinski definition) is 7. The molecule has 41 heavy (non-hydrogen) atoms. The third-order valence-corrected chi connectivity index (χ3v) is 6.79. The van der Waals surface area contributed by atoms with Crippen LogP contribution in [0.2, 0.25) is 0 Å². The molecule has 6 N–H and O–H groups in total. The van der Waals surface area contributed by atoms with Crippen LogP contribution in [0.25, 0.3) is 11.0 Å². The molecule has 2 aromatic carbocycles. The Kier molecular flexibility index (Phi) is 10.0. The highest BCUT2D eigenvalue weighted by molar-refractivity contribution is 7.90. The third kappa shape index (κ3) is 9.13. The maximum atomic E-state index is 14.5. The van der Waals surface area contributed by atoms with Crippen LogP contribution in [0, 0.1) is 5.82 Å². The number of imidazole rings is 1. The summed E-state index contributed by atoms with van der Waals surface area (Å²) in [6.45, 7) is 0. The molecular weight excluding hydrogens is 597 g/mol. The summed E-state index contributed by atoms with van der Waals surface area (Å²) in [5.41, 5.74) is 8.45. The Morgan fingerprint density at radius 3 is 2.00 bits per heavy atom. The van der Waals surface area contributed by atoms with Crippen molar-refractivity contribution < 1.29 is 63.7 Å². The van der Waals surface area contributed by atoms with E-state index in [1.54, 1.807) is 6.07 Å². The number of benzene rings is 2. The Bertz CT molecular complexity index is 1480. The standard InChI is InChI=1S/C18H17FN4O3S.2C2HF3O2/c19-12-7-10(5-6-11(12)16-9-17(24)23-27(16,25)26)8-13(20)18-21-14-3-1-2-4-15(14)22-18;2*3-2(4,5)1(6)7/h1-7,13,16H,8-9,20H2,(H,21,22)(H,23,24);2*(H,6,7)/t13-,16?;;/m0../s1. The zero-order valence-electron chi connectivity index (χ0n) is 20.1. The summed E-state index contributed by atoms with van der Waals surface area (Å²) >= 11 is 0. The summed E-state index contributed by atoms with van der Waals surface area (Å²) in [7, 11) is -3.88. The number of carbonyl (C=O) groups excluding carboxylic acids is 1. The van der Waals surface area contributed by atoms with E-state index in [-0.39, 0.29) is 12.0 Å². The molecule has 1 amide bonds. The minimum Gasteiger partial charge on any atom is -0.475 e. The van der Waals surface area contributed by atoms with Crippen LogP contribution in [-0.4, -0.2) is 58.8 Å². The highest BCUT2D eigenvalue weighted by Crippen LogP contribution is 2.32. The number of carbonyl (C=O) groups is 3. The molecule has 3 aromatic rings. The van der Waals surface area contributed by atoms with E-state index in [9.17, 15) is 43.9 Å². The van der Waals surface area contributed by atoms with Crippen molar-refractivity contribution in [1.82, 2.24) is 14.7 Å². The van der Waals surface area contributed by atoms with E-state index < -0.39 is 57.3 Å². The normalized spacial score (nSPS) is 17.0. The number of rotatable bonds is 4. The smallest absolute Gasteiger partial charge is 0.475 e. The van der Waals surface area contributed by atoms with Crippen LogP contribution < -0.4 is 10.5 Å². The van der Waals surface area contributed by atoms with Gasteiger partial charge in [0, 0.05) is 5.56 Å². The number of aromatic nitrogens is 2. The zero-order valence-corrected chi connectivity index (χ0v) is 20.9. The van der Waals surface area contributed by atoms with Crippen LogP contribution in [0.4, 0.5) is 30.7 Å². The number of carboxylic acids is 2. The fourth-order valence-corrected chi connectivity index (χ4v) is 4.72. The molecule has 1 aliphatic rings. The number of sulfonamides is 1. The van der Waals surface area contributed by atoms with Crippen molar-refractivity contribution >= 4 is 38.9 Å². The van der Waals surface area contributed by atoms with Gasteiger partial charge in [0.25, 0.3) is 0 Å². The molecule has 1 aromatic heterocycles. The summed E-state index contributed by atoms with van der Waals surface area (Å²) < 4.78 is 104. The first-order chi connectivity index (χ1) is 18.7. The Morgan fingerprint density at radius 1 is 1.02 bits per heavy atom. The van der Waals surface area contributed by atoms with E-state index in [4.69, 9.17) is 25.5 Å². The minimum absolute atomic E-state index is 0.0191. The molecule has 0 radical (unpaired) electrons. The van der Waals surface area contributed by atoms with Crippen molar-refractivity contribution in [2.45, 2.75) is 36.5 Å². The first-order valence-electron chi connectivity index (χ1n) is 10.9. The van der Waals surface area contributed by atoms with Crippen molar-refractivity contribution in [2.24, 2.45) is 5.73 Å². The number of nitrogens with zero attached hydrogens (tertiary/aromatic N) is 1. The number of alkyl halides is 6. The largest absolute Gasteiger partial charge is 0.490 e. The molecule has 224 valence electrons. The predicted octanol–water partition coefficient (Wildman–Crippen LogP) is 3.10. The first-order valence-corrected chi connectivity index (χ1v) is 12.4. The number of nitrogens with one attached hydrogen (secondary N) is 2. The van der Waals surface area contributed by atoms with E-state index >= 15 is 0 Å². The Morgan fingerprint density at radius 2 is 1.56 bits per heavy atom. The van der Waals surface area contributed by atoms with Gasteiger partial charge in [0.1, 0.15) is 16.9 Å². The second-order valence-electron chi connectivity index (χ2n) is 8.17. The number of halogens is 7. The third-order valence-electron chi connectivity index (χ3n) is 5.11. The van der Waals surface area contributed by atoms with Gasteiger partial charge < -0.3 is 20.9 Å². The number of carboxylic acid groups (broad SMARTS) is 2. The van der Waals surface area contributed by atoms with Crippen molar-refractivity contribution in [3.63, 3.8) is 0 Å². The average molecular weight is 616 g/mol. The molecule has 2 atom stereocenters. The van der Waals surface area contributed by atoms with Gasteiger partial charge in [-0.3, -0.25) is 9.52 Å². The van der Waals surface area contributed by atoms with Crippen molar-refractivity contribution in [3.05, 3.63) is 65.2 Å². The topological polar surface area (TPSA) is 193 Å². The molecule has 19 heteroatoms. The van der Waals surface area contributed by atoms with Crippen LogP contribution in [0.3, 0.4) is 0 Å². The summed E-state index contributed by atoms with van der Waals surface area (Å²) in [6, 6.07) is 11.3. The molecule has 1 fully saturated rings. The molecule has 1 aliphatic heterocycles. The Hall–Kier alpha value is -4.26. The van der Waals surface area contributed by atoms with E-state index in [1.807, 2.05) is 29.0 Å². The molecule has 1 unspecified atom stereocenters. The lowest BCUT2D eigenvalue weighted by Gasteiger charge is -2.13. The molecule has 0 bridgehead atoms. The lowest BCUT2D eigenvalue weighted by atomic mass is 10.0. The van der Waals surface area contributed by atoms with E-state index in [1.165, 1.54) is 12.1 Å². The molecule has 1 saturated heterocycles. The van der Waals surface area contributed by atoms with Gasteiger partial charge in [-0.2, -0.15) is 26.3 Å². The lowest BCUT2D eigenvalue weighted by Crippen LogP contribution is -2.22. The Balaban J connectivity index is 0.000000349. The molecular formula is C22H19F7N4O7S. The molecule has 0 aliphatic carbocycles. The van der Waals surface area contributed by atoms with Gasteiger partial charge in [0.2, 0.25) is 15.9 Å². The van der Waals surface area contributed by atoms with Gasteiger partial charge in [-0.05, 0) is 30.2 Å². The van der Waals surface area contributed by atoms with Crippen LogP contribution in [0.1, 0.15) is 34.7 Å². The number of H-pyrrole nitrogens is 1. The predicted molar refractivity (Wildman–Crippen MR) is 125 cm³/mol. The fraction of sp³-hybridized carbons (Fsp3) is 0.273. The molecule has 0 spiro atoms. The number of aliphatic carboxylic acids is 2. The fourth-order valence-electron chi connectivity index (χ4n) is 3.28. The Labute approximate surface area is 225 Å². The average Bonchev–Trinajstić information content (AvgIpc) is 3.38.